The Labute approximate surface area is 224 Å². The Bertz CT molecular complexity index is 1410. The molecule has 0 spiro atoms. The first-order valence-electron chi connectivity index (χ1n) is 12.6. The third kappa shape index (κ3) is 5.87. The fraction of sp³-hybridized carbons (Fsp3) is 0.286. The van der Waals surface area contributed by atoms with Crippen molar-refractivity contribution in [3.05, 3.63) is 66.0 Å². The van der Waals surface area contributed by atoms with Crippen molar-refractivity contribution in [1.29, 1.82) is 0 Å². The molecular formula is C28H28N4O7. The highest BCUT2D eigenvalue weighted by Crippen LogP contribution is 2.33. The summed E-state index contributed by atoms with van der Waals surface area (Å²) in [6.45, 7) is 5.38. The smallest absolute Gasteiger partial charge is 0.256 e. The average molecular weight is 533 g/mol. The Hall–Kier alpha value is -4.80. The Morgan fingerprint density at radius 1 is 0.718 bits per heavy atom. The van der Waals surface area contributed by atoms with Gasteiger partial charge in [0.2, 0.25) is 5.91 Å². The molecule has 1 atom stereocenters. The second kappa shape index (κ2) is 11.3. The molecule has 0 fully saturated rings. The minimum absolute atomic E-state index is 0.0327. The van der Waals surface area contributed by atoms with Gasteiger partial charge in [0.05, 0.1) is 11.1 Å². The summed E-state index contributed by atoms with van der Waals surface area (Å²) in [5.41, 5.74) is 1.12. The van der Waals surface area contributed by atoms with Crippen LogP contribution in [-0.4, -0.2) is 55.2 Å². The largest absolute Gasteiger partial charge is 0.486 e. The second-order valence-electron chi connectivity index (χ2n) is 9.28. The van der Waals surface area contributed by atoms with Crippen LogP contribution in [0.5, 0.6) is 23.0 Å². The SMILES string of the molecule is CC(C)[C@H](NC(=O)c1cnccc1C(=O)Nc1ccc2c(c1)OCCO2)C(=O)Nc1ccc2c(c1)OCCO2. The molecule has 11 heteroatoms. The first-order valence-corrected chi connectivity index (χ1v) is 12.6. The van der Waals surface area contributed by atoms with E-state index in [-0.39, 0.29) is 17.0 Å². The zero-order valence-corrected chi connectivity index (χ0v) is 21.5. The number of carbonyl (C=O) groups is 3. The van der Waals surface area contributed by atoms with E-state index in [2.05, 4.69) is 20.9 Å². The third-order valence-corrected chi connectivity index (χ3v) is 6.16. The van der Waals surface area contributed by atoms with Gasteiger partial charge in [0.15, 0.2) is 23.0 Å². The van der Waals surface area contributed by atoms with Gasteiger partial charge in [-0.3, -0.25) is 19.4 Å². The maximum atomic E-state index is 13.3. The molecule has 3 N–H and O–H groups in total. The molecule has 2 aliphatic rings. The van der Waals surface area contributed by atoms with E-state index in [9.17, 15) is 14.4 Å². The zero-order valence-electron chi connectivity index (χ0n) is 21.5. The summed E-state index contributed by atoms with van der Waals surface area (Å²) in [4.78, 5) is 43.6. The van der Waals surface area contributed by atoms with E-state index in [4.69, 9.17) is 18.9 Å². The number of pyridine rings is 1. The number of nitrogens with one attached hydrogen (secondary N) is 3. The summed E-state index contributed by atoms with van der Waals surface area (Å²) in [5, 5.41) is 8.35. The fourth-order valence-corrected chi connectivity index (χ4v) is 4.19. The van der Waals surface area contributed by atoms with Gasteiger partial charge >= 0.3 is 0 Å². The van der Waals surface area contributed by atoms with Crippen molar-refractivity contribution in [2.24, 2.45) is 5.92 Å². The number of fused-ring (bicyclic) bond motifs is 2. The van der Waals surface area contributed by atoms with Gasteiger partial charge in [-0.1, -0.05) is 13.8 Å². The highest BCUT2D eigenvalue weighted by Gasteiger charge is 2.27. The maximum Gasteiger partial charge on any atom is 0.256 e. The Morgan fingerprint density at radius 2 is 1.28 bits per heavy atom. The number of anilines is 2. The van der Waals surface area contributed by atoms with Crippen molar-refractivity contribution in [2.45, 2.75) is 19.9 Å². The van der Waals surface area contributed by atoms with Crippen molar-refractivity contribution in [3.63, 3.8) is 0 Å². The lowest BCUT2D eigenvalue weighted by atomic mass is 10.0. The lowest BCUT2D eigenvalue weighted by molar-refractivity contribution is -0.118. The lowest BCUT2D eigenvalue weighted by Gasteiger charge is -2.23. The zero-order chi connectivity index (χ0) is 27.4. The summed E-state index contributed by atoms with van der Waals surface area (Å²) in [6.07, 6.45) is 2.72. The quantitative estimate of drug-likeness (QED) is 0.422. The number of ether oxygens (including phenoxy) is 4. The van der Waals surface area contributed by atoms with Crippen LogP contribution in [-0.2, 0) is 4.79 Å². The number of rotatable bonds is 7. The van der Waals surface area contributed by atoms with Gasteiger partial charge in [0, 0.05) is 35.9 Å². The van der Waals surface area contributed by atoms with Crippen LogP contribution >= 0.6 is 0 Å². The molecule has 3 aromatic rings. The minimum atomic E-state index is -0.889. The first kappa shape index (κ1) is 25.8. The Morgan fingerprint density at radius 3 is 1.87 bits per heavy atom. The van der Waals surface area contributed by atoms with Gasteiger partial charge in [0.1, 0.15) is 32.5 Å². The van der Waals surface area contributed by atoms with E-state index < -0.39 is 23.8 Å². The first-order chi connectivity index (χ1) is 18.9. The second-order valence-corrected chi connectivity index (χ2v) is 9.28. The summed E-state index contributed by atoms with van der Waals surface area (Å²) in [7, 11) is 0. The fourth-order valence-electron chi connectivity index (χ4n) is 4.19. The minimum Gasteiger partial charge on any atom is -0.486 e. The maximum absolute atomic E-state index is 13.3. The highest BCUT2D eigenvalue weighted by molar-refractivity contribution is 6.12. The molecule has 0 saturated carbocycles. The molecule has 2 aromatic carbocycles. The monoisotopic (exact) mass is 532 g/mol. The topological polar surface area (TPSA) is 137 Å². The number of aromatic nitrogens is 1. The third-order valence-electron chi connectivity index (χ3n) is 6.16. The standard InChI is InChI=1S/C28H28N4O7/c1-16(2)25(28(35)31-18-4-6-22-24(14-18)39-12-10-37-22)32-27(34)20-15-29-8-7-19(20)26(33)30-17-3-5-21-23(13-17)38-11-9-36-21/h3-8,13-16,25H,9-12H2,1-2H3,(H,30,33)(H,31,35)(H,32,34)/t25-/m0/s1. The molecule has 39 heavy (non-hydrogen) atoms. The molecule has 0 unspecified atom stereocenters. The highest BCUT2D eigenvalue weighted by atomic mass is 16.6. The molecule has 11 nitrogen and oxygen atoms in total. The summed E-state index contributed by atoms with van der Waals surface area (Å²) in [6, 6.07) is 10.7. The molecule has 5 rings (SSSR count). The molecule has 1 aromatic heterocycles. The molecule has 0 radical (unpaired) electrons. The summed E-state index contributed by atoms with van der Waals surface area (Å²) in [5.74, 6) is 0.472. The number of hydrogen-bond acceptors (Lipinski definition) is 8. The van der Waals surface area contributed by atoms with Crippen LogP contribution in [0, 0.1) is 5.92 Å². The van der Waals surface area contributed by atoms with Crippen LogP contribution < -0.4 is 34.9 Å². The molecule has 0 saturated heterocycles. The Kier molecular flexibility index (Phi) is 7.48. The van der Waals surface area contributed by atoms with Crippen LogP contribution in [0.2, 0.25) is 0 Å². The van der Waals surface area contributed by atoms with Crippen LogP contribution in [0.4, 0.5) is 11.4 Å². The van der Waals surface area contributed by atoms with Gasteiger partial charge in [-0.2, -0.15) is 0 Å². The summed E-state index contributed by atoms with van der Waals surface area (Å²) >= 11 is 0. The van der Waals surface area contributed by atoms with Crippen molar-refractivity contribution >= 4 is 29.1 Å². The predicted molar refractivity (Wildman–Crippen MR) is 142 cm³/mol. The van der Waals surface area contributed by atoms with Crippen LogP contribution in [0.3, 0.4) is 0 Å². The average Bonchev–Trinajstić information content (AvgIpc) is 2.95. The van der Waals surface area contributed by atoms with Crippen molar-refractivity contribution in [2.75, 3.05) is 37.1 Å². The van der Waals surface area contributed by atoms with Crippen molar-refractivity contribution < 1.29 is 33.3 Å². The molecular weight excluding hydrogens is 504 g/mol. The van der Waals surface area contributed by atoms with E-state index in [0.29, 0.717) is 60.8 Å². The molecule has 3 amide bonds. The lowest BCUT2D eigenvalue weighted by Crippen LogP contribution is -2.47. The Balaban J connectivity index is 1.29. The number of amides is 3. The van der Waals surface area contributed by atoms with Gasteiger partial charge in [0.25, 0.3) is 11.8 Å². The van der Waals surface area contributed by atoms with Crippen molar-refractivity contribution in [1.82, 2.24) is 10.3 Å². The number of hydrogen-bond donors (Lipinski definition) is 3. The van der Waals surface area contributed by atoms with Crippen LogP contribution in [0.1, 0.15) is 34.6 Å². The predicted octanol–water partition coefficient (Wildman–Crippen LogP) is 3.27. The number of benzene rings is 2. The molecule has 2 aliphatic heterocycles. The molecule has 202 valence electrons. The van der Waals surface area contributed by atoms with E-state index in [1.165, 1.54) is 18.5 Å². The van der Waals surface area contributed by atoms with Gasteiger partial charge in [-0.25, -0.2) is 0 Å². The molecule has 3 heterocycles. The number of nitrogens with zero attached hydrogens (tertiary/aromatic N) is 1. The van der Waals surface area contributed by atoms with Gasteiger partial charge < -0.3 is 34.9 Å². The van der Waals surface area contributed by atoms with E-state index in [0.717, 1.165) is 0 Å². The van der Waals surface area contributed by atoms with E-state index >= 15 is 0 Å². The summed E-state index contributed by atoms with van der Waals surface area (Å²) < 4.78 is 22.2. The van der Waals surface area contributed by atoms with Crippen LogP contribution in [0.15, 0.2) is 54.9 Å². The molecule has 0 aliphatic carbocycles. The van der Waals surface area contributed by atoms with E-state index in [1.54, 1.807) is 36.4 Å². The normalized spacial score (nSPS) is 14.2. The van der Waals surface area contributed by atoms with E-state index in [1.807, 2.05) is 13.8 Å². The van der Waals surface area contributed by atoms with Gasteiger partial charge in [-0.05, 0) is 36.2 Å². The van der Waals surface area contributed by atoms with Gasteiger partial charge in [-0.15, -0.1) is 0 Å². The van der Waals surface area contributed by atoms with Crippen LogP contribution in [0.25, 0.3) is 0 Å². The molecule has 0 bridgehead atoms. The van der Waals surface area contributed by atoms with Crippen molar-refractivity contribution in [3.8, 4) is 23.0 Å². The number of carbonyl (C=O) groups excluding carboxylic acids is 3.